The first-order chi connectivity index (χ1) is 14.8. The first-order valence-electron chi connectivity index (χ1n) is 10.7. The summed E-state index contributed by atoms with van der Waals surface area (Å²) in [4.78, 5) is 29.2. The first kappa shape index (κ1) is 21.2. The van der Waals surface area contributed by atoms with Gasteiger partial charge in [-0.3, -0.25) is 14.3 Å². The van der Waals surface area contributed by atoms with Crippen LogP contribution < -0.4 is 9.47 Å². The van der Waals surface area contributed by atoms with Crippen molar-refractivity contribution >= 4 is 11.8 Å². The van der Waals surface area contributed by atoms with E-state index in [1.807, 2.05) is 42.0 Å². The molecule has 2 amide bonds. The SMILES string of the molecule is COc1ccc2c(c1)CN(C(C)=O)CC1(CCCN(C(=O)c3cnn(C)c3C)CC1)O2. The van der Waals surface area contributed by atoms with Crippen LogP contribution in [-0.2, 0) is 18.4 Å². The molecule has 1 aromatic carbocycles. The Morgan fingerprint density at radius 1 is 1.19 bits per heavy atom. The van der Waals surface area contributed by atoms with Gasteiger partial charge in [-0.15, -0.1) is 0 Å². The number of aryl methyl sites for hydroxylation is 1. The highest BCUT2D eigenvalue weighted by molar-refractivity contribution is 5.95. The van der Waals surface area contributed by atoms with Gasteiger partial charge in [0.15, 0.2) is 0 Å². The molecule has 1 atom stereocenters. The molecule has 0 radical (unpaired) electrons. The summed E-state index contributed by atoms with van der Waals surface area (Å²) in [6.07, 6.45) is 3.88. The van der Waals surface area contributed by atoms with Crippen LogP contribution in [0.2, 0.25) is 0 Å². The molecule has 4 rings (SSSR count). The summed E-state index contributed by atoms with van der Waals surface area (Å²) in [5.74, 6) is 1.55. The summed E-state index contributed by atoms with van der Waals surface area (Å²) in [6.45, 7) is 5.73. The van der Waals surface area contributed by atoms with E-state index in [9.17, 15) is 9.59 Å². The zero-order valence-electron chi connectivity index (χ0n) is 18.7. The number of hydrogen-bond donors (Lipinski definition) is 0. The Kier molecular flexibility index (Phi) is 5.64. The van der Waals surface area contributed by atoms with Gasteiger partial charge in [-0.2, -0.15) is 5.10 Å². The van der Waals surface area contributed by atoms with Crippen LogP contribution >= 0.6 is 0 Å². The molecule has 0 N–H and O–H groups in total. The van der Waals surface area contributed by atoms with Crippen molar-refractivity contribution in [2.75, 3.05) is 26.7 Å². The molecular weight excluding hydrogens is 396 g/mol. The number of ether oxygens (including phenoxy) is 2. The number of hydrogen-bond acceptors (Lipinski definition) is 5. The largest absolute Gasteiger partial charge is 0.497 e. The van der Waals surface area contributed by atoms with Gasteiger partial charge in [0.05, 0.1) is 25.4 Å². The minimum Gasteiger partial charge on any atom is -0.497 e. The first-order valence-corrected chi connectivity index (χ1v) is 10.7. The standard InChI is InChI=1S/C23H30N4O4/c1-16-20(13-24-25(16)3)22(29)26-10-5-8-23(9-11-26)15-27(17(2)28)14-18-12-19(30-4)6-7-21(18)31-23/h6-7,12-13H,5,8-11,14-15H2,1-4H3. The molecule has 2 aromatic rings. The van der Waals surface area contributed by atoms with Gasteiger partial charge in [-0.1, -0.05) is 0 Å². The molecule has 0 saturated carbocycles. The predicted octanol–water partition coefficient (Wildman–Crippen LogP) is 2.54. The Bertz CT molecular complexity index is 1000. The fourth-order valence-electron chi connectivity index (χ4n) is 4.51. The Labute approximate surface area is 182 Å². The van der Waals surface area contributed by atoms with E-state index in [0.29, 0.717) is 38.2 Å². The second-order valence-electron chi connectivity index (χ2n) is 8.55. The third kappa shape index (κ3) is 4.11. The maximum Gasteiger partial charge on any atom is 0.257 e. The van der Waals surface area contributed by atoms with Gasteiger partial charge in [-0.25, -0.2) is 0 Å². The van der Waals surface area contributed by atoms with Crippen LogP contribution in [0.4, 0.5) is 0 Å². The van der Waals surface area contributed by atoms with Gasteiger partial charge in [0.2, 0.25) is 5.91 Å². The second kappa shape index (κ2) is 8.24. The lowest BCUT2D eigenvalue weighted by Crippen LogP contribution is -2.47. The third-order valence-electron chi connectivity index (χ3n) is 6.53. The Balaban J connectivity index is 1.59. The maximum absolute atomic E-state index is 13.1. The van der Waals surface area contributed by atoms with Crippen LogP contribution in [0.1, 0.15) is 47.8 Å². The smallest absolute Gasteiger partial charge is 0.257 e. The molecule has 1 spiro atoms. The monoisotopic (exact) mass is 426 g/mol. The number of rotatable bonds is 2. The van der Waals surface area contributed by atoms with Crippen molar-refractivity contribution in [2.45, 2.75) is 45.3 Å². The van der Waals surface area contributed by atoms with E-state index in [-0.39, 0.29) is 11.8 Å². The molecule has 0 aliphatic carbocycles. The Morgan fingerprint density at radius 2 is 2.00 bits per heavy atom. The van der Waals surface area contributed by atoms with Gasteiger partial charge in [0, 0.05) is 51.3 Å². The minimum absolute atomic E-state index is 0.00447. The fraction of sp³-hybridized carbons (Fsp3) is 0.522. The molecule has 1 unspecified atom stereocenters. The van der Waals surface area contributed by atoms with Crippen molar-refractivity contribution in [3.05, 3.63) is 41.2 Å². The van der Waals surface area contributed by atoms with Crippen LogP contribution in [0.25, 0.3) is 0 Å². The van der Waals surface area contributed by atoms with Crippen LogP contribution in [0.3, 0.4) is 0 Å². The van der Waals surface area contributed by atoms with Crippen LogP contribution in [0.15, 0.2) is 24.4 Å². The minimum atomic E-state index is -0.523. The van der Waals surface area contributed by atoms with Crippen molar-refractivity contribution in [3.8, 4) is 11.5 Å². The van der Waals surface area contributed by atoms with Gasteiger partial charge in [0.25, 0.3) is 5.91 Å². The lowest BCUT2D eigenvalue weighted by Gasteiger charge is -2.35. The van der Waals surface area contributed by atoms with E-state index in [4.69, 9.17) is 9.47 Å². The number of fused-ring (bicyclic) bond motifs is 1. The van der Waals surface area contributed by atoms with E-state index < -0.39 is 5.60 Å². The molecule has 1 aromatic heterocycles. The van der Waals surface area contributed by atoms with E-state index in [1.54, 1.807) is 24.9 Å². The molecule has 0 bridgehead atoms. The topological polar surface area (TPSA) is 76.9 Å². The highest BCUT2D eigenvalue weighted by atomic mass is 16.5. The van der Waals surface area contributed by atoms with Crippen LogP contribution in [0, 0.1) is 6.92 Å². The van der Waals surface area contributed by atoms with E-state index >= 15 is 0 Å². The van der Waals surface area contributed by atoms with Crippen molar-refractivity contribution in [1.29, 1.82) is 0 Å². The zero-order valence-corrected chi connectivity index (χ0v) is 18.7. The number of aromatic nitrogens is 2. The van der Waals surface area contributed by atoms with Crippen molar-refractivity contribution in [2.24, 2.45) is 7.05 Å². The number of carbonyl (C=O) groups excluding carboxylic acids is 2. The third-order valence-corrected chi connectivity index (χ3v) is 6.53. The molecular formula is C23H30N4O4. The molecule has 1 fully saturated rings. The van der Waals surface area contributed by atoms with Crippen LogP contribution in [0.5, 0.6) is 11.5 Å². The summed E-state index contributed by atoms with van der Waals surface area (Å²) in [5.41, 5.74) is 1.92. The molecule has 8 nitrogen and oxygen atoms in total. The van der Waals surface area contributed by atoms with Crippen molar-refractivity contribution in [1.82, 2.24) is 19.6 Å². The van der Waals surface area contributed by atoms with Crippen molar-refractivity contribution in [3.63, 3.8) is 0 Å². The summed E-state index contributed by atoms with van der Waals surface area (Å²) in [5, 5.41) is 4.21. The van der Waals surface area contributed by atoms with E-state index in [0.717, 1.165) is 35.6 Å². The Hall–Kier alpha value is -3.03. The average molecular weight is 427 g/mol. The van der Waals surface area contributed by atoms with Gasteiger partial charge < -0.3 is 19.3 Å². The highest BCUT2D eigenvalue weighted by Crippen LogP contribution is 2.37. The number of likely N-dealkylation sites (tertiary alicyclic amines) is 1. The highest BCUT2D eigenvalue weighted by Gasteiger charge is 2.41. The number of methoxy groups -OCH3 is 1. The summed E-state index contributed by atoms with van der Waals surface area (Å²) in [7, 11) is 3.47. The number of benzene rings is 1. The molecule has 166 valence electrons. The normalized spacial score (nSPS) is 21.2. The van der Waals surface area contributed by atoms with E-state index in [2.05, 4.69) is 5.10 Å². The quantitative estimate of drug-likeness (QED) is 0.738. The molecule has 2 aliphatic heterocycles. The van der Waals surface area contributed by atoms with Gasteiger partial charge >= 0.3 is 0 Å². The van der Waals surface area contributed by atoms with Crippen LogP contribution in [-0.4, -0.2) is 63.7 Å². The summed E-state index contributed by atoms with van der Waals surface area (Å²) >= 11 is 0. The molecule has 1 saturated heterocycles. The summed E-state index contributed by atoms with van der Waals surface area (Å²) in [6, 6.07) is 5.74. The summed E-state index contributed by atoms with van der Waals surface area (Å²) < 4.78 is 13.7. The van der Waals surface area contributed by atoms with E-state index in [1.165, 1.54) is 0 Å². The molecule has 2 aliphatic rings. The number of nitrogens with zero attached hydrogens (tertiary/aromatic N) is 4. The average Bonchev–Trinajstić information content (AvgIpc) is 2.92. The fourth-order valence-corrected chi connectivity index (χ4v) is 4.51. The number of carbonyl (C=O) groups is 2. The predicted molar refractivity (Wildman–Crippen MR) is 115 cm³/mol. The van der Waals surface area contributed by atoms with Crippen molar-refractivity contribution < 1.29 is 19.1 Å². The van der Waals surface area contributed by atoms with Gasteiger partial charge in [-0.05, 0) is 38.0 Å². The lowest BCUT2D eigenvalue weighted by atomic mass is 9.93. The van der Waals surface area contributed by atoms with Gasteiger partial charge in [0.1, 0.15) is 17.1 Å². The Morgan fingerprint density at radius 3 is 2.68 bits per heavy atom. The lowest BCUT2D eigenvalue weighted by molar-refractivity contribution is -0.132. The molecule has 31 heavy (non-hydrogen) atoms. The maximum atomic E-state index is 13.1. The second-order valence-corrected chi connectivity index (χ2v) is 8.55. The molecule has 8 heteroatoms. The molecule has 3 heterocycles. The number of amides is 2. The zero-order chi connectivity index (χ0) is 22.2.